The summed E-state index contributed by atoms with van der Waals surface area (Å²) in [6, 6.07) is 18.5. The van der Waals surface area contributed by atoms with E-state index in [9.17, 15) is 25.9 Å². The lowest BCUT2D eigenvalue weighted by Crippen LogP contribution is -2.01. The molecule has 0 saturated carbocycles. The molecule has 2 aromatic carbocycles. The summed E-state index contributed by atoms with van der Waals surface area (Å²) in [5.74, 6) is 0. The highest BCUT2D eigenvalue weighted by molar-refractivity contribution is 7.86. The number of benzene rings is 2. The topological polar surface area (TPSA) is 135 Å². The van der Waals surface area contributed by atoms with Crippen LogP contribution in [0.1, 0.15) is 0 Å². The summed E-state index contributed by atoms with van der Waals surface area (Å²) < 4.78 is 66.1. The molecule has 0 saturated heterocycles. The molecule has 32 heavy (non-hydrogen) atoms. The fourth-order valence-corrected chi connectivity index (χ4v) is 4.77. The van der Waals surface area contributed by atoms with Gasteiger partial charge in [0.15, 0.2) is 0 Å². The minimum absolute atomic E-state index is 0.235. The molecular formula is C22H16N2O6S2. The molecule has 0 aliphatic heterocycles. The molecule has 162 valence electrons. The third-order valence-corrected chi connectivity index (χ3v) is 6.56. The van der Waals surface area contributed by atoms with Gasteiger partial charge in [-0.1, -0.05) is 36.4 Å². The molecule has 0 unspecified atom stereocenters. The molecule has 0 fully saturated rings. The molecule has 2 heterocycles. The summed E-state index contributed by atoms with van der Waals surface area (Å²) >= 11 is 0. The van der Waals surface area contributed by atoms with Crippen LogP contribution in [0.3, 0.4) is 0 Å². The maximum atomic E-state index is 11.8. The van der Waals surface area contributed by atoms with E-state index in [1.165, 1.54) is 36.7 Å². The fourth-order valence-electron chi connectivity index (χ4n) is 3.34. The molecule has 4 rings (SSSR count). The zero-order chi connectivity index (χ0) is 22.9. The summed E-state index contributed by atoms with van der Waals surface area (Å²) in [5, 5.41) is 0. The van der Waals surface area contributed by atoms with Gasteiger partial charge in [-0.05, 0) is 47.5 Å². The molecule has 0 aliphatic rings. The van der Waals surface area contributed by atoms with Gasteiger partial charge in [0.1, 0.15) is 9.79 Å². The van der Waals surface area contributed by atoms with Gasteiger partial charge in [0.2, 0.25) is 0 Å². The van der Waals surface area contributed by atoms with E-state index in [4.69, 9.17) is 0 Å². The van der Waals surface area contributed by atoms with E-state index in [1.807, 2.05) is 0 Å². The van der Waals surface area contributed by atoms with E-state index in [2.05, 4.69) is 9.97 Å². The van der Waals surface area contributed by atoms with E-state index in [0.717, 1.165) is 0 Å². The van der Waals surface area contributed by atoms with Gasteiger partial charge in [-0.2, -0.15) is 16.8 Å². The molecule has 8 nitrogen and oxygen atoms in total. The number of hydrogen-bond acceptors (Lipinski definition) is 6. The Labute approximate surface area is 184 Å². The Hall–Kier alpha value is -3.44. The molecule has 2 aromatic heterocycles. The Kier molecular flexibility index (Phi) is 5.61. The van der Waals surface area contributed by atoms with Crippen molar-refractivity contribution in [3.8, 4) is 33.6 Å². The predicted octanol–water partition coefficient (Wildman–Crippen LogP) is 3.97. The Balaban J connectivity index is 1.83. The molecule has 0 spiro atoms. The van der Waals surface area contributed by atoms with Gasteiger partial charge >= 0.3 is 0 Å². The molecule has 0 bridgehead atoms. The largest absolute Gasteiger partial charge is 0.295 e. The van der Waals surface area contributed by atoms with Crippen LogP contribution in [0.25, 0.3) is 33.6 Å². The van der Waals surface area contributed by atoms with Crippen molar-refractivity contribution < 1.29 is 25.9 Å². The van der Waals surface area contributed by atoms with Crippen molar-refractivity contribution in [1.82, 2.24) is 9.97 Å². The second-order valence-electron chi connectivity index (χ2n) is 6.80. The molecule has 4 aromatic rings. The molecule has 10 heteroatoms. The summed E-state index contributed by atoms with van der Waals surface area (Å²) in [7, 11) is -8.87. The summed E-state index contributed by atoms with van der Waals surface area (Å²) in [6.45, 7) is 0. The fraction of sp³-hybridized carbons (Fsp3) is 0. The van der Waals surface area contributed by atoms with Gasteiger partial charge in [0.25, 0.3) is 20.2 Å². The Morgan fingerprint density at radius 2 is 0.938 bits per heavy atom. The molecule has 2 N–H and O–H groups in total. The number of rotatable bonds is 5. The molecule has 0 aliphatic carbocycles. The lowest BCUT2D eigenvalue weighted by atomic mass is 10.0. The normalized spacial score (nSPS) is 11.9. The minimum Gasteiger partial charge on any atom is -0.282 e. The number of nitrogens with zero attached hydrogens (tertiary/aromatic N) is 2. The maximum absolute atomic E-state index is 11.8. The van der Waals surface area contributed by atoms with E-state index in [-0.39, 0.29) is 9.79 Å². The van der Waals surface area contributed by atoms with Crippen LogP contribution in [0.2, 0.25) is 0 Å². The van der Waals surface area contributed by atoms with Crippen molar-refractivity contribution in [2.24, 2.45) is 0 Å². The Morgan fingerprint density at radius 1 is 0.562 bits per heavy atom. The van der Waals surface area contributed by atoms with Gasteiger partial charge in [-0.25, -0.2) is 0 Å². The highest BCUT2D eigenvalue weighted by Crippen LogP contribution is 2.32. The third-order valence-electron chi connectivity index (χ3n) is 4.73. The van der Waals surface area contributed by atoms with Gasteiger partial charge in [-0.3, -0.25) is 19.1 Å². The summed E-state index contributed by atoms with van der Waals surface area (Å²) in [5.41, 5.74) is 2.39. The highest BCUT2D eigenvalue weighted by atomic mass is 32.2. The maximum Gasteiger partial charge on any atom is 0.295 e. The van der Waals surface area contributed by atoms with Crippen LogP contribution >= 0.6 is 0 Å². The number of aromatic nitrogens is 2. The number of hydrogen-bond donors (Lipinski definition) is 2. The summed E-state index contributed by atoms with van der Waals surface area (Å²) in [6.07, 6.45) is 2.96. The lowest BCUT2D eigenvalue weighted by molar-refractivity contribution is 0.481. The van der Waals surface area contributed by atoms with Crippen molar-refractivity contribution in [2.45, 2.75) is 9.79 Å². The van der Waals surface area contributed by atoms with Crippen LogP contribution in [-0.2, 0) is 20.2 Å². The second-order valence-corrected chi connectivity index (χ2v) is 9.58. The van der Waals surface area contributed by atoms with Gasteiger partial charge < -0.3 is 0 Å². The quantitative estimate of drug-likeness (QED) is 0.420. The van der Waals surface area contributed by atoms with Gasteiger partial charge in [0.05, 0.1) is 11.4 Å². The summed E-state index contributed by atoms with van der Waals surface area (Å²) in [4.78, 5) is 8.11. The predicted molar refractivity (Wildman–Crippen MR) is 118 cm³/mol. The van der Waals surface area contributed by atoms with Crippen molar-refractivity contribution in [3.05, 3.63) is 85.2 Å². The molecule has 0 radical (unpaired) electrons. The third kappa shape index (κ3) is 4.43. The van der Waals surface area contributed by atoms with Gasteiger partial charge in [0, 0.05) is 23.5 Å². The van der Waals surface area contributed by atoms with Crippen molar-refractivity contribution in [2.75, 3.05) is 0 Å². The van der Waals surface area contributed by atoms with E-state index >= 15 is 0 Å². The average Bonchev–Trinajstić information content (AvgIpc) is 2.78. The number of pyridine rings is 2. The Morgan fingerprint density at radius 3 is 1.31 bits per heavy atom. The van der Waals surface area contributed by atoms with Crippen molar-refractivity contribution in [1.29, 1.82) is 0 Å². The highest BCUT2D eigenvalue weighted by Gasteiger charge is 2.18. The average molecular weight is 469 g/mol. The minimum atomic E-state index is -4.44. The van der Waals surface area contributed by atoms with Gasteiger partial charge in [-0.15, -0.1) is 0 Å². The van der Waals surface area contributed by atoms with Crippen LogP contribution in [0.5, 0.6) is 0 Å². The van der Waals surface area contributed by atoms with Crippen molar-refractivity contribution >= 4 is 20.2 Å². The second kappa shape index (κ2) is 8.24. The van der Waals surface area contributed by atoms with E-state index in [1.54, 1.807) is 48.5 Å². The molecular weight excluding hydrogens is 452 g/mol. The first kappa shape index (κ1) is 21.8. The van der Waals surface area contributed by atoms with Crippen LogP contribution < -0.4 is 0 Å². The SMILES string of the molecule is O=S(=O)(O)c1ccccc1-c1ccnc(-c2cc(-c3ccccc3S(=O)(=O)O)ccn2)c1. The zero-order valence-corrected chi connectivity index (χ0v) is 18.0. The first-order valence-corrected chi connectivity index (χ1v) is 12.1. The van der Waals surface area contributed by atoms with Crippen LogP contribution in [0.15, 0.2) is 95.0 Å². The first-order valence-electron chi connectivity index (χ1n) is 9.21. The van der Waals surface area contributed by atoms with Crippen LogP contribution in [-0.4, -0.2) is 35.9 Å². The van der Waals surface area contributed by atoms with E-state index in [0.29, 0.717) is 33.6 Å². The van der Waals surface area contributed by atoms with E-state index < -0.39 is 20.2 Å². The van der Waals surface area contributed by atoms with Crippen molar-refractivity contribution in [3.63, 3.8) is 0 Å². The van der Waals surface area contributed by atoms with Crippen LogP contribution in [0, 0.1) is 0 Å². The first-order chi connectivity index (χ1) is 15.1. The lowest BCUT2D eigenvalue weighted by Gasteiger charge is -2.10. The monoisotopic (exact) mass is 468 g/mol. The zero-order valence-electron chi connectivity index (χ0n) is 16.3. The Bertz CT molecular complexity index is 1420. The smallest absolute Gasteiger partial charge is 0.282 e. The van der Waals surface area contributed by atoms with Crippen LogP contribution in [0.4, 0.5) is 0 Å². The molecule has 0 amide bonds. The molecule has 0 atom stereocenters. The standard InChI is InChI=1S/C22H16N2O6S2/c25-31(26,27)21-7-3-1-5-17(21)15-9-11-23-19(13-15)20-14-16(10-12-24-20)18-6-2-4-8-22(18)32(28,29)30/h1-14H,(H,25,26,27)(H,28,29,30).